The summed E-state index contributed by atoms with van der Waals surface area (Å²) in [4.78, 5) is 23.8. The van der Waals surface area contributed by atoms with Crippen LogP contribution in [0, 0.1) is 0 Å². The van der Waals surface area contributed by atoms with Gasteiger partial charge in [0, 0.05) is 6.20 Å². The number of hydrogen-bond donors (Lipinski definition) is 4. The fourth-order valence-corrected chi connectivity index (χ4v) is 0.657. The number of aromatic amines is 1. The monoisotopic (exact) mass is 168 g/mol. The Morgan fingerprint density at radius 2 is 2.17 bits per heavy atom. The van der Waals surface area contributed by atoms with Crippen molar-refractivity contribution in [3.05, 3.63) is 24.0 Å². The molecule has 64 valence electrons. The summed E-state index contributed by atoms with van der Waals surface area (Å²) in [5.74, 6) is -0.446. The van der Waals surface area contributed by atoms with E-state index in [1.165, 1.54) is 0 Å². The van der Waals surface area contributed by atoms with Crippen molar-refractivity contribution >= 4 is 11.9 Å². The Morgan fingerprint density at radius 1 is 1.42 bits per heavy atom. The molecule has 1 aromatic rings. The van der Waals surface area contributed by atoms with Gasteiger partial charge in [-0.2, -0.15) is 0 Å². The zero-order valence-corrected chi connectivity index (χ0v) is 6.13. The van der Waals surface area contributed by atoms with Crippen LogP contribution in [0.5, 0.6) is 0 Å². The molecule has 0 saturated carbocycles. The molecule has 6 nitrogen and oxygen atoms in total. The number of H-pyrrole nitrogens is 1. The maximum atomic E-state index is 11.0. The molecule has 0 spiro atoms. The first-order valence-electron chi connectivity index (χ1n) is 3.19. The Balaban J connectivity index is 2.45. The largest absolute Gasteiger partial charge is 0.357 e. The first-order valence-corrected chi connectivity index (χ1v) is 3.19. The molecule has 1 rings (SSSR count). The number of nitrogens with two attached hydrogens (primary N) is 1. The molecule has 0 bridgehead atoms. The molecule has 0 fully saturated rings. The number of hydrazine groups is 1. The van der Waals surface area contributed by atoms with Crippen LogP contribution in [0.3, 0.4) is 0 Å². The highest BCUT2D eigenvalue weighted by Gasteiger charge is 2.04. The third-order valence-corrected chi connectivity index (χ3v) is 1.14. The average Bonchev–Trinajstić information content (AvgIpc) is 2.51. The lowest BCUT2D eigenvalue weighted by Crippen LogP contribution is -2.44. The van der Waals surface area contributed by atoms with Crippen LogP contribution in [0.2, 0.25) is 0 Å². The minimum atomic E-state index is -0.810. The van der Waals surface area contributed by atoms with Gasteiger partial charge >= 0.3 is 6.03 Å². The van der Waals surface area contributed by atoms with E-state index >= 15 is 0 Å². The summed E-state index contributed by atoms with van der Waals surface area (Å²) in [6.07, 6.45) is 1.60. The number of urea groups is 1. The summed E-state index contributed by atoms with van der Waals surface area (Å²) in [6, 6.07) is 2.42. The van der Waals surface area contributed by atoms with Gasteiger partial charge in [-0.05, 0) is 12.1 Å². The van der Waals surface area contributed by atoms with Crippen molar-refractivity contribution in [2.24, 2.45) is 5.73 Å². The van der Waals surface area contributed by atoms with Gasteiger partial charge in [-0.1, -0.05) is 0 Å². The Kier molecular flexibility index (Phi) is 2.32. The van der Waals surface area contributed by atoms with E-state index in [0.29, 0.717) is 5.69 Å². The molecule has 0 saturated heterocycles. The SMILES string of the molecule is NC(=O)NNC(=O)c1ccc[nH]1. The molecule has 0 aliphatic rings. The van der Waals surface area contributed by atoms with E-state index in [1.807, 2.05) is 5.43 Å². The second-order valence-corrected chi connectivity index (χ2v) is 2.03. The first kappa shape index (κ1) is 8.12. The topological polar surface area (TPSA) is 100 Å². The van der Waals surface area contributed by atoms with Crippen LogP contribution in [0.1, 0.15) is 10.5 Å². The highest BCUT2D eigenvalue weighted by atomic mass is 16.2. The summed E-state index contributed by atoms with van der Waals surface area (Å²) >= 11 is 0. The van der Waals surface area contributed by atoms with Crippen molar-refractivity contribution in [2.45, 2.75) is 0 Å². The van der Waals surface area contributed by atoms with Gasteiger partial charge in [0.15, 0.2) is 0 Å². The van der Waals surface area contributed by atoms with Gasteiger partial charge < -0.3 is 10.7 Å². The maximum Gasteiger partial charge on any atom is 0.330 e. The second-order valence-electron chi connectivity index (χ2n) is 2.03. The number of amides is 3. The van der Waals surface area contributed by atoms with Crippen molar-refractivity contribution in [1.82, 2.24) is 15.8 Å². The Morgan fingerprint density at radius 3 is 2.67 bits per heavy atom. The van der Waals surface area contributed by atoms with Gasteiger partial charge in [-0.15, -0.1) is 0 Å². The normalized spacial score (nSPS) is 9.00. The quantitative estimate of drug-likeness (QED) is 0.418. The van der Waals surface area contributed by atoms with E-state index < -0.39 is 11.9 Å². The summed E-state index contributed by atoms with van der Waals surface area (Å²) in [7, 11) is 0. The van der Waals surface area contributed by atoms with E-state index in [1.54, 1.807) is 18.3 Å². The van der Waals surface area contributed by atoms with Crippen molar-refractivity contribution < 1.29 is 9.59 Å². The lowest BCUT2D eigenvalue weighted by Gasteiger charge is -2.01. The van der Waals surface area contributed by atoms with Crippen LogP contribution in [0.25, 0.3) is 0 Å². The highest BCUT2D eigenvalue weighted by Crippen LogP contribution is 1.91. The highest BCUT2D eigenvalue weighted by molar-refractivity contribution is 5.93. The van der Waals surface area contributed by atoms with Gasteiger partial charge in [-0.3, -0.25) is 10.2 Å². The Hall–Kier alpha value is -1.98. The van der Waals surface area contributed by atoms with Crippen molar-refractivity contribution in [1.29, 1.82) is 0 Å². The van der Waals surface area contributed by atoms with Gasteiger partial charge in [0.05, 0.1) is 0 Å². The molecule has 0 unspecified atom stereocenters. The number of carbonyl (C=O) groups excluding carboxylic acids is 2. The van der Waals surface area contributed by atoms with E-state index in [9.17, 15) is 9.59 Å². The predicted octanol–water partition coefficient (Wildman–Crippen LogP) is -0.672. The van der Waals surface area contributed by atoms with Crippen LogP contribution in [-0.4, -0.2) is 16.9 Å². The Bertz CT molecular complexity index is 280. The minimum Gasteiger partial charge on any atom is -0.357 e. The van der Waals surface area contributed by atoms with Crippen LogP contribution in [0.4, 0.5) is 4.79 Å². The molecule has 0 atom stereocenters. The molecule has 3 amide bonds. The van der Waals surface area contributed by atoms with Crippen LogP contribution >= 0.6 is 0 Å². The van der Waals surface area contributed by atoms with E-state index in [0.717, 1.165) is 0 Å². The second kappa shape index (κ2) is 3.42. The van der Waals surface area contributed by atoms with Crippen molar-refractivity contribution in [3.8, 4) is 0 Å². The van der Waals surface area contributed by atoms with Crippen molar-refractivity contribution in [3.63, 3.8) is 0 Å². The Labute approximate surface area is 68.1 Å². The van der Waals surface area contributed by atoms with Crippen LogP contribution in [0.15, 0.2) is 18.3 Å². The fraction of sp³-hybridized carbons (Fsp3) is 0. The third kappa shape index (κ3) is 2.01. The third-order valence-electron chi connectivity index (χ3n) is 1.14. The summed E-state index contributed by atoms with van der Waals surface area (Å²) in [6.45, 7) is 0. The first-order chi connectivity index (χ1) is 5.70. The fourth-order valence-electron chi connectivity index (χ4n) is 0.657. The lowest BCUT2D eigenvalue weighted by molar-refractivity contribution is 0.0933. The number of nitrogens with one attached hydrogen (secondary N) is 3. The number of primary amides is 1. The lowest BCUT2D eigenvalue weighted by atomic mass is 10.4. The smallest absolute Gasteiger partial charge is 0.330 e. The molecule has 0 aliphatic heterocycles. The van der Waals surface area contributed by atoms with Gasteiger partial charge in [-0.25, -0.2) is 10.2 Å². The maximum absolute atomic E-state index is 11.0. The zero-order chi connectivity index (χ0) is 8.97. The molecule has 1 heterocycles. The standard InChI is InChI=1S/C6H8N4O2/c7-6(12)10-9-5(11)4-2-1-3-8-4/h1-3,8H,(H,9,11)(H3,7,10,12). The van der Waals surface area contributed by atoms with Gasteiger partial charge in [0.25, 0.3) is 5.91 Å². The van der Waals surface area contributed by atoms with E-state index in [2.05, 4.69) is 10.4 Å². The van der Waals surface area contributed by atoms with Gasteiger partial charge in [0.1, 0.15) is 5.69 Å². The molecule has 6 heteroatoms. The number of carbonyl (C=O) groups is 2. The average molecular weight is 168 g/mol. The molecular weight excluding hydrogens is 160 g/mol. The molecule has 5 N–H and O–H groups in total. The van der Waals surface area contributed by atoms with Crippen molar-refractivity contribution in [2.75, 3.05) is 0 Å². The van der Waals surface area contributed by atoms with Gasteiger partial charge in [0.2, 0.25) is 0 Å². The molecule has 1 aromatic heterocycles. The molecule has 0 aliphatic carbocycles. The zero-order valence-electron chi connectivity index (χ0n) is 6.13. The van der Waals surface area contributed by atoms with Crippen LogP contribution in [-0.2, 0) is 0 Å². The molecule has 12 heavy (non-hydrogen) atoms. The number of hydrogen-bond acceptors (Lipinski definition) is 2. The summed E-state index contributed by atoms with van der Waals surface area (Å²) in [5, 5.41) is 0. The molecular formula is C6H8N4O2. The summed E-state index contributed by atoms with van der Waals surface area (Å²) in [5.41, 5.74) is 9.11. The minimum absolute atomic E-state index is 0.351. The number of rotatable bonds is 1. The molecule has 0 radical (unpaired) electrons. The predicted molar refractivity (Wildman–Crippen MR) is 41.0 cm³/mol. The molecule has 0 aromatic carbocycles. The van der Waals surface area contributed by atoms with E-state index in [-0.39, 0.29) is 0 Å². The van der Waals surface area contributed by atoms with E-state index in [4.69, 9.17) is 5.73 Å². The summed E-state index contributed by atoms with van der Waals surface area (Å²) < 4.78 is 0. The number of aromatic nitrogens is 1. The van der Waals surface area contributed by atoms with Crippen LogP contribution < -0.4 is 16.6 Å².